The molecule has 8 heteroatoms. The Morgan fingerprint density at radius 1 is 1.17 bits per heavy atom. The Kier molecular flexibility index (Phi) is 8.58. The third kappa shape index (κ3) is 5.48. The van der Waals surface area contributed by atoms with Gasteiger partial charge in [-0.1, -0.05) is 0 Å². The molecule has 1 aromatic rings. The summed E-state index contributed by atoms with van der Waals surface area (Å²) in [7, 11) is 0. The van der Waals surface area contributed by atoms with Crippen molar-refractivity contribution in [2.45, 2.75) is 31.7 Å². The standard InChI is InChI=1S/C15H23N5O.2ClH/c21-14(5-4-13-3-1-6-16-13)19-9-11-20(12-10-19)15-17-7-2-8-18-15;;/h2,7-8,13,16H,1,3-6,9-12H2;2*1H. The Balaban J connectivity index is 0.00000132. The number of rotatable bonds is 4. The van der Waals surface area contributed by atoms with Crippen LogP contribution >= 0.6 is 24.8 Å². The highest BCUT2D eigenvalue weighted by Gasteiger charge is 2.23. The first-order valence-corrected chi connectivity index (χ1v) is 7.86. The molecule has 1 amide bonds. The minimum Gasteiger partial charge on any atom is -0.339 e. The maximum absolute atomic E-state index is 12.2. The van der Waals surface area contributed by atoms with Gasteiger partial charge in [-0.3, -0.25) is 4.79 Å². The van der Waals surface area contributed by atoms with Crippen LogP contribution in [0.1, 0.15) is 25.7 Å². The maximum atomic E-state index is 12.2. The second-order valence-electron chi connectivity index (χ2n) is 5.75. The van der Waals surface area contributed by atoms with E-state index in [2.05, 4.69) is 20.2 Å². The third-order valence-corrected chi connectivity index (χ3v) is 4.34. The predicted molar refractivity (Wildman–Crippen MR) is 95.6 cm³/mol. The Hall–Kier alpha value is -1.11. The van der Waals surface area contributed by atoms with Gasteiger partial charge < -0.3 is 15.1 Å². The zero-order chi connectivity index (χ0) is 14.5. The van der Waals surface area contributed by atoms with E-state index in [0.29, 0.717) is 12.5 Å². The molecule has 2 saturated heterocycles. The summed E-state index contributed by atoms with van der Waals surface area (Å²) in [6.07, 6.45) is 7.62. The molecule has 0 spiro atoms. The molecule has 23 heavy (non-hydrogen) atoms. The molecular weight excluding hydrogens is 337 g/mol. The number of hydrogen-bond donors (Lipinski definition) is 1. The summed E-state index contributed by atoms with van der Waals surface area (Å²) in [6, 6.07) is 2.37. The molecule has 1 atom stereocenters. The van der Waals surface area contributed by atoms with Gasteiger partial charge in [0.1, 0.15) is 0 Å². The van der Waals surface area contributed by atoms with E-state index in [4.69, 9.17) is 0 Å². The number of halogens is 2. The van der Waals surface area contributed by atoms with Crippen LogP contribution in [-0.2, 0) is 4.79 Å². The van der Waals surface area contributed by atoms with E-state index in [1.165, 1.54) is 12.8 Å². The molecule has 3 heterocycles. The van der Waals surface area contributed by atoms with Gasteiger partial charge in [0.05, 0.1) is 0 Å². The number of nitrogens with one attached hydrogen (secondary N) is 1. The highest BCUT2D eigenvalue weighted by molar-refractivity contribution is 5.85. The average Bonchev–Trinajstić information content (AvgIpc) is 3.07. The predicted octanol–water partition coefficient (Wildman–Crippen LogP) is 1.50. The summed E-state index contributed by atoms with van der Waals surface area (Å²) >= 11 is 0. The lowest BCUT2D eigenvalue weighted by Crippen LogP contribution is -2.49. The summed E-state index contributed by atoms with van der Waals surface area (Å²) in [5.74, 6) is 1.05. The first kappa shape index (κ1) is 19.9. The van der Waals surface area contributed by atoms with Crippen molar-refractivity contribution in [1.82, 2.24) is 20.2 Å². The van der Waals surface area contributed by atoms with Gasteiger partial charge in [-0.05, 0) is 31.9 Å². The molecule has 0 bridgehead atoms. The number of nitrogens with zero attached hydrogens (tertiary/aromatic N) is 4. The van der Waals surface area contributed by atoms with Crippen molar-refractivity contribution in [2.75, 3.05) is 37.6 Å². The summed E-state index contributed by atoms with van der Waals surface area (Å²) in [5, 5.41) is 3.45. The molecule has 0 aliphatic carbocycles. The van der Waals surface area contributed by atoms with Crippen molar-refractivity contribution < 1.29 is 4.79 Å². The second-order valence-corrected chi connectivity index (χ2v) is 5.75. The molecular formula is C15H25Cl2N5O. The van der Waals surface area contributed by atoms with Crippen LogP contribution in [0.4, 0.5) is 5.95 Å². The molecule has 2 aliphatic rings. The molecule has 0 saturated carbocycles. The fourth-order valence-electron chi connectivity index (χ4n) is 3.07. The zero-order valence-electron chi connectivity index (χ0n) is 13.2. The monoisotopic (exact) mass is 361 g/mol. The highest BCUT2D eigenvalue weighted by Crippen LogP contribution is 2.14. The number of carbonyl (C=O) groups excluding carboxylic acids is 1. The van der Waals surface area contributed by atoms with Crippen LogP contribution in [0.15, 0.2) is 18.5 Å². The van der Waals surface area contributed by atoms with E-state index >= 15 is 0 Å². The highest BCUT2D eigenvalue weighted by atomic mass is 35.5. The Bertz CT molecular complexity index is 462. The Morgan fingerprint density at radius 3 is 2.48 bits per heavy atom. The van der Waals surface area contributed by atoms with Gasteiger partial charge in [-0.15, -0.1) is 24.8 Å². The number of piperazine rings is 1. The molecule has 3 rings (SSSR count). The van der Waals surface area contributed by atoms with Crippen LogP contribution in [0.3, 0.4) is 0 Å². The molecule has 1 unspecified atom stereocenters. The number of hydrogen-bond acceptors (Lipinski definition) is 5. The zero-order valence-corrected chi connectivity index (χ0v) is 14.8. The van der Waals surface area contributed by atoms with Gasteiger partial charge in [0, 0.05) is 51.0 Å². The first-order valence-electron chi connectivity index (χ1n) is 7.86. The van der Waals surface area contributed by atoms with Crippen LogP contribution < -0.4 is 10.2 Å². The normalized spacial score (nSPS) is 20.6. The van der Waals surface area contributed by atoms with Crippen molar-refractivity contribution in [1.29, 1.82) is 0 Å². The molecule has 0 aromatic carbocycles. The molecule has 1 aromatic heterocycles. The summed E-state index contributed by atoms with van der Waals surface area (Å²) in [6.45, 7) is 4.29. The number of carbonyl (C=O) groups is 1. The lowest BCUT2D eigenvalue weighted by atomic mass is 10.1. The van der Waals surface area contributed by atoms with Crippen molar-refractivity contribution in [3.05, 3.63) is 18.5 Å². The summed E-state index contributed by atoms with van der Waals surface area (Å²) in [5.41, 5.74) is 0. The second kappa shape index (κ2) is 9.90. The maximum Gasteiger partial charge on any atom is 0.225 e. The van der Waals surface area contributed by atoms with Crippen molar-refractivity contribution in [3.63, 3.8) is 0 Å². The van der Waals surface area contributed by atoms with Gasteiger partial charge in [0.15, 0.2) is 0 Å². The number of anilines is 1. The smallest absolute Gasteiger partial charge is 0.225 e. The quantitative estimate of drug-likeness (QED) is 0.880. The third-order valence-electron chi connectivity index (χ3n) is 4.34. The fourth-order valence-corrected chi connectivity index (χ4v) is 3.07. The SMILES string of the molecule is Cl.Cl.O=C(CCC1CCCN1)N1CCN(c2ncccn2)CC1. The average molecular weight is 362 g/mol. The fraction of sp³-hybridized carbons (Fsp3) is 0.667. The lowest BCUT2D eigenvalue weighted by Gasteiger charge is -2.34. The van der Waals surface area contributed by atoms with Gasteiger partial charge in [0.2, 0.25) is 11.9 Å². The summed E-state index contributed by atoms with van der Waals surface area (Å²) < 4.78 is 0. The largest absolute Gasteiger partial charge is 0.339 e. The molecule has 130 valence electrons. The van der Waals surface area contributed by atoms with Gasteiger partial charge in [-0.2, -0.15) is 0 Å². The molecule has 0 radical (unpaired) electrons. The van der Waals surface area contributed by atoms with E-state index in [1.54, 1.807) is 12.4 Å². The van der Waals surface area contributed by atoms with E-state index in [0.717, 1.165) is 45.1 Å². The van der Waals surface area contributed by atoms with Crippen molar-refractivity contribution in [3.8, 4) is 0 Å². The minimum atomic E-state index is 0. The van der Waals surface area contributed by atoms with E-state index in [1.807, 2.05) is 11.0 Å². The van der Waals surface area contributed by atoms with Crippen LogP contribution in [0, 0.1) is 0 Å². The first-order chi connectivity index (χ1) is 10.3. The molecule has 1 N–H and O–H groups in total. The number of aromatic nitrogens is 2. The van der Waals surface area contributed by atoms with Gasteiger partial charge in [0.25, 0.3) is 0 Å². The lowest BCUT2D eigenvalue weighted by molar-refractivity contribution is -0.131. The summed E-state index contributed by atoms with van der Waals surface area (Å²) in [4.78, 5) is 24.9. The molecule has 2 aliphatic heterocycles. The van der Waals surface area contributed by atoms with E-state index in [-0.39, 0.29) is 30.7 Å². The van der Waals surface area contributed by atoms with Crippen molar-refractivity contribution >= 4 is 36.7 Å². The van der Waals surface area contributed by atoms with Crippen molar-refractivity contribution in [2.24, 2.45) is 0 Å². The Labute approximate surface area is 149 Å². The minimum absolute atomic E-state index is 0. The van der Waals surface area contributed by atoms with Crippen LogP contribution in [0.2, 0.25) is 0 Å². The van der Waals surface area contributed by atoms with Gasteiger partial charge >= 0.3 is 0 Å². The molecule has 6 nitrogen and oxygen atoms in total. The van der Waals surface area contributed by atoms with E-state index < -0.39 is 0 Å². The van der Waals surface area contributed by atoms with Crippen LogP contribution in [-0.4, -0.2) is 59.5 Å². The van der Waals surface area contributed by atoms with Crippen LogP contribution in [0.5, 0.6) is 0 Å². The molecule has 2 fully saturated rings. The number of amides is 1. The Morgan fingerprint density at radius 2 is 1.87 bits per heavy atom. The van der Waals surface area contributed by atoms with Gasteiger partial charge in [-0.25, -0.2) is 9.97 Å². The van der Waals surface area contributed by atoms with Crippen LogP contribution in [0.25, 0.3) is 0 Å². The van der Waals surface area contributed by atoms with E-state index in [9.17, 15) is 4.79 Å². The topological polar surface area (TPSA) is 61.4 Å².